The van der Waals surface area contributed by atoms with E-state index in [2.05, 4.69) is 0 Å². The fraction of sp³-hybridized carbons (Fsp3) is 0.278. The SMILES string of the molecule is CC.Cc1ccccc1O.O=C1c2c(O)cc(O)cc2OCC1O. The summed E-state index contributed by atoms with van der Waals surface area (Å²) < 4.78 is 4.98. The molecule has 0 aliphatic carbocycles. The van der Waals surface area contributed by atoms with E-state index in [9.17, 15) is 15.0 Å². The summed E-state index contributed by atoms with van der Waals surface area (Å²) in [5.74, 6) is -0.705. The number of carbonyl (C=O) groups excluding carboxylic acids is 1. The lowest BCUT2D eigenvalue weighted by Crippen LogP contribution is -2.32. The van der Waals surface area contributed by atoms with Gasteiger partial charge in [-0.25, -0.2) is 0 Å². The number of hydrogen-bond acceptors (Lipinski definition) is 6. The molecule has 1 aliphatic rings. The van der Waals surface area contributed by atoms with Crippen molar-refractivity contribution in [2.75, 3.05) is 6.61 Å². The Bertz CT molecular complexity index is 675. The van der Waals surface area contributed by atoms with Crippen molar-refractivity contribution in [1.29, 1.82) is 0 Å². The van der Waals surface area contributed by atoms with Crippen molar-refractivity contribution in [3.05, 3.63) is 47.5 Å². The maximum absolute atomic E-state index is 11.4. The van der Waals surface area contributed by atoms with Gasteiger partial charge in [-0.15, -0.1) is 0 Å². The van der Waals surface area contributed by atoms with Gasteiger partial charge in [0.25, 0.3) is 0 Å². The summed E-state index contributed by atoms with van der Waals surface area (Å²) in [6.45, 7) is 5.71. The molecule has 0 saturated heterocycles. The Hall–Kier alpha value is -2.73. The predicted molar refractivity (Wildman–Crippen MR) is 89.8 cm³/mol. The van der Waals surface area contributed by atoms with E-state index >= 15 is 0 Å². The van der Waals surface area contributed by atoms with Crippen molar-refractivity contribution in [3.8, 4) is 23.0 Å². The Labute approximate surface area is 140 Å². The first kappa shape index (κ1) is 19.3. The van der Waals surface area contributed by atoms with E-state index in [4.69, 9.17) is 14.9 Å². The fourth-order valence-corrected chi connectivity index (χ4v) is 1.92. The van der Waals surface area contributed by atoms with E-state index in [1.807, 2.05) is 39.0 Å². The number of aliphatic hydroxyl groups excluding tert-OH is 1. The number of para-hydroxylation sites is 1. The van der Waals surface area contributed by atoms with Crippen LogP contribution in [0, 0.1) is 6.92 Å². The average Bonchev–Trinajstić information content (AvgIpc) is 2.56. The number of phenolic OH excluding ortho intramolecular Hbond substituents is 3. The van der Waals surface area contributed by atoms with Crippen molar-refractivity contribution in [3.63, 3.8) is 0 Å². The van der Waals surface area contributed by atoms with Crippen LogP contribution in [0.3, 0.4) is 0 Å². The number of rotatable bonds is 0. The minimum absolute atomic E-state index is 0.0819. The number of hydrogen-bond donors (Lipinski definition) is 4. The molecule has 4 N–H and O–H groups in total. The van der Waals surface area contributed by atoms with Crippen LogP contribution in [0.2, 0.25) is 0 Å². The Balaban J connectivity index is 0.000000245. The number of fused-ring (bicyclic) bond motifs is 1. The van der Waals surface area contributed by atoms with E-state index < -0.39 is 11.9 Å². The van der Waals surface area contributed by atoms with Crippen LogP contribution in [0.15, 0.2) is 36.4 Å². The topological polar surface area (TPSA) is 107 Å². The van der Waals surface area contributed by atoms with Crippen LogP contribution >= 0.6 is 0 Å². The summed E-state index contributed by atoms with van der Waals surface area (Å²) in [6.07, 6.45) is -1.25. The summed E-state index contributed by atoms with van der Waals surface area (Å²) in [6, 6.07) is 9.50. The summed E-state index contributed by atoms with van der Waals surface area (Å²) in [5.41, 5.74) is 0.842. The van der Waals surface area contributed by atoms with Gasteiger partial charge in [0, 0.05) is 12.1 Å². The van der Waals surface area contributed by atoms with Gasteiger partial charge in [-0.2, -0.15) is 0 Å². The van der Waals surface area contributed by atoms with Crippen LogP contribution in [0.1, 0.15) is 29.8 Å². The lowest BCUT2D eigenvalue weighted by molar-refractivity contribution is 0.0552. The number of aliphatic hydroxyl groups is 1. The number of phenols is 3. The van der Waals surface area contributed by atoms with Crippen molar-refractivity contribution in [2.24, 2.45) is 0 Å². The molecule has 3 rings (SSSR count). The zero-order valence-corrected chi connectivity index (χ0v) is 13.9. The van der Waals surface area contributed by atoms with E-state index in [1.54, 1.807) is 6.07 Å². The second-order valence-electron chi connectivity index (χ2n) is 4.82. The smallest absolute Gasteiger partial charge is 0.202 e. The first-order valence-corrected chi connectivity index (χ1v) is 7.55. The molecule has 1 atom stereocenters. The molecule has 1 unspecified atom stereocenters. The van der Waals surface area contributed by atoms with E-state index in [-0.39, 0.29) is 29.4 Å². The quantitative estimate of drug-likeness (QED) is 0.590. The number of carbonyl (C=O) groups is 1. The maximum Gasteiger partial charge on any atom is 0.202 e. The van der Waals surface area contributed by atoms with Gasteiger partial charge >= 0.3 is 0 Å². The molecule has 24 heavy (non-hydrogen) atoms. The van der Waals surface area contributed by atoms with Gasteiger partial charge in [0.1, 0.15) is 35.2 Å². The van der Waals surface area contributed by atoms with Crippen molar-refractivity contribution >= 4 is 5.78 Å². The molecule has 2 aromatic rings. The van der Waals surface area contributed by atoms with Crippen molar-refractivity contribution < 1.29 is 30.0 Å². The summed E-state index contributed by atoms with van der Waals surface area (Å²) in [5, 5.41) is 36.6. The van der Waals surface area contributed by atoms with Crippen LogP contribution in [0.5, 0.6) is 23.0 Å². The normalized spacial score (nSPS) is 15.0. The first-order valence-electron chi connectivity index (χ1n) is 7.55. The van der Waals surface area contributed by atoms with Gasteiger partial charge in [0.15, 0.2) is 6.10 Å². The van der Waals surface area contributed by atoms with E-state index in [0.717, 1.165) is 11.6 Å². The molecule has 1 heterocycles. The number of ketones is 1. The van der Waals surface area contributed by atoms with Crippen LogP contribution in [0.4, 0.5) is 0 Å². The molecule has 1 aliphatic heterocycles. The van der Waals surface area contributed by atoms with Gasteiger partial charge in [-0.05, 0) is 18.6 Å². The Kier molecular flexibility index (Phi) is 7.07. The lowest BCUT2D eigenvalue weighted by atomic mass is 10.0. The van der Waals surface area contributed by atoms with Crippen LogP contribution in [0.25, 0.3) is 0 Å². The molecule has 0 amide bonds. The Morgan fingerprint density at radius 2 is 1.67 bits per heavy atom. The highest BCUT2D eigenvalue weighted by Crippen LogP contribution is 2.35. The third kappa shape index (κ3) is 4.63. The minimum atomic E-state index is -1.25. The molecule has 6 nitrogen and oxygen atoms in total. The van der Waals surface area contributed by atoms with Crippen LogP contribution in [-0.2, 0) is 0 Å². The number of aryl methyl sites for hydroxylation is 1. The van der Waals surface area contributed by atoms with Crippen LogP contribution < -0.4 is 4.74 Å². The number of ether oxygens (including phenoxy) is 1. The summed E-state index contributed by atoms with van der Waals surface area (Å²) in [7, 11) is 0. The molecule has 0 aromatic heterocycles. The van der Waals surface area contributed by atoms with Gasteiger partial charge < -0.3 is 25.2 Å². The zero-order chi connectivity index (χ0) is 18.3. The fourth-order valence-electron chi connectivity index (χ4n) is 1.92. The standard InChI is InChI=1S/C9H8O5.C7H8O.C2H6/c10-4-1-5(11)8-7(2-4)14-3-6(12)9(8)13;1-6-4-2-3-5-7(6)8;1-2/h1-2,6,10-12H,3H2;2-5,8H,1H3;1-2H3. The molecule has 0 spiro atoms. The third-order valence-corrected chi connectivity index (χ3v) is 3.13. The minimum Gasteiger partial charge on any atom is -0.508 e. The van der Waals surface area contributed by atoms with E-state index in [0.29, 0.717) is 5.75 Å². The van der Waals surface area contributed by atoms with E-state index in [1.165, 1.54) is 6.07 Å². The zero-order valence-electron chi connectivity index (χ0n) is 13.9. The largest absolute Gasteiger partial charge is 0.508 e. The molecular formula is C18H22O6. The Morgan fingerprint density at radius 3 is 2.21 bits per heavy atom. The highest BCUT2D eigenvalue weighted by atomic mass is 16.5. The summed E-state index contributed by atoms with van der Waals surface area (Å²) >= 11 is 0. The number of benzene rings is 2. The second kappa shape index (κ2) is 8.79. The second-order valence-corrected chi connectivity index (χ2v) is 4.82. The molecule has 6 heteroatoms. The van der Waals surface area contributed by atoms with Gasteiger partial charge in [-0.1, -0.05) is 32.0 Å². The van der Waals surface area contributed by atoms with Crippen molar-refractivity contribution in [1.82, 2.24) is 0 Å². The number of aromatic hydroxyl groups is 3. The lowest BCUT2D eigenvalue weighted by Gasteiger charge is -2.21. The number of Topliss-reactive ketones (excluding diaryl/α,β-unsaturated/α-hetero) is 1. The molecule has 130 valence electrons. The highest BCUT2D eigenvalue weighted by molar-refractivity contribution is 6.05. The average molecular weight is 334 g/mol. The molecular weight excluding hydrogens is 312 g/mol. The predicted octanol–water partition coefficient (Wildman–Crippen LogP) is 2.76. The van der Waals surface area contributed by atoms with Crippen LogP contribution in [-0.4, -0.2) is 38.9 Å². The molecule has 0 saturated carbocycles. The maximum atomic E-state index is 11.4. The molecule has 2 aromatic carbocycles. The first-order chi connectivity index (χ1) is 11.4. The molecule has 0 bridgehead atoms. The van der Waals surface area contributed by atoms with Gasteiger partial charge in [-0.3, -0.25) is 4.79 Å². The summed E-state index contributed by atoms with van der Waals surface area (Å²) in [4.78, 5) is 11.4. The third-order valence-electron chi connectivity index (χ3n) is 3.13. The monoisotopic (exact) mass is 334 g/mol. The van der Waals surface area contributed by atoms with Crippen molar-refractivity contribution in [2.45, 2.75) is 26.9 Å². The molecule has 0 fully saturated rings. The van der Waals surface area contributed by atoms with Gasteiger partial charge in [0.2, 0.25) is 5.78 Å². The van der Waals surface area contributed by atoms with Gasteiger partial charge in [0.05, 0.1) is 0 Å². The highest BCUT2D eigenvalue weighted by Gasteiger charge is 2.30. The molecule has 0 radical (unpaired) electrons. The Morgan fingerprint density at radius 1 is 1.04 bits per heavy atom.